The number of rotatable bonds is 5. The van der Waals surface area contributed by atoms with Gasteiger partial charge in [-0.15, -0.1) is 0 Å². The van der Waals surface area contributed by atoms with E-state index in [4.69, 9.17) is 37.7 Å². The van der Waals surface area contributed by atoms with Crippen LogP contribution in [-0.4, -0.2) is 97.7 Å². The molecule has 0 radical (unpaired) electrons. The highest BCUT2D eigenvalue weighted by atomic mass is 32.2. The molecule has 12 nitrogen and oxygen atoms in total. The van der Waals surface area contributed by atoms with E-state index in [0.29, 0.717) is 0 Å². The van der Waals surface area contributed by atoms with E-state index in [2.05, 4.69) is 0 Å². The molecule has 224 valence electrons. The van der Waals surface area contributed by atoms with Crippen LogP contribution in [-0.2, 0) is 42.7 Å². The first-order valence-electron chi connectivity index (χ1n) is 14.1. The molecule has 2 aliphatic carbocycles. The summed E-state index contributed by atoms with van der Waals surface area (Å²) in [6.45, 7) is 1.38. The Morgan fingerprint density at radius 2 is 1.27 bits per heavy atom. The number of hydrogen-bond acceptors (Lipinski definition) is 12. The quantitative estimate of drug-likeness (QED) is 0.424. The second kappa shape index (κ2) is 11.1. The van der Waals surface area contributed by atoms with E-state index in [1.54, 1.807) is 12.1 Å². The molecule has 0 amide bonds. The van der Waals surface area contributed by atoms with Crippen LogP contribution in [0.2, 0.25) is 0 Å². The summed E-state index contributed by atoms with van der Waals surface area (Å²) >= 11 is 0. The monoisotopic (exact) mass is 586 g/mol. The van der Waals surface area contributed by atoms with Crippen LogP contribution >= 0.6 is 0 Å². The summed E-state index contributed by atoms with van der Waals surface area (Å²) in [4.78, 5) is 0.0724. The van der Waals surface area contributed by atoms with Crippen LogP contribution in [0, 0.1) is 6.92 Å². The lowest BCUT2D eigenvalue weighted by atomic mass is 10.1. The Hall–Kier alpha value is -1.23. The van der Waals surface area contributed by atoms with Crippen molar-refractivity contribution in [3.05, 3.63) is 29.8 Å². The smallest absolute Gasteiger partial charge is 0.297 e. The Bertz CT molecular complexity index is 1130. The molecule has 40 heavy (non-hydrogen) atoms. The van der Waals surface area contributed by atoms with Crippen molar-refractivity contribution in [1.82, 2.24) is 0 Å². The predicted molar refractivity (Wildman–Crippen MR) is 135 cm³/mol. The van der Waals surface area contributed by atoms with Crippen LogP contribution in [0.1, 0.15) is 56.9 Å². The van der Waals surface area contributed by atoms with Crippen LogP contribution < -0.4 is 0 Å². The van der Waals surface area contributed by atoms with Gasteiger partial charge in [0.2, 0.25) is 0 Å². The summed E-state index contributed by atoms with van der Waals surface area (Å²) in [6, 6.07) is 6.37. The summed E-state index contributed by atoms with van der Waals surface area (Å²) in [7, 11) is -3.91. The van der Waals surface area contributed by atoms with Crippen molar-refractivity contribution in [2.45, 2.75) is 124 Å². The Labute approximate surface area is 233 Å². The molecule has 8 atom stereocenters. The van der Waals surface area contributed by atoms with Gasteiger partial charge in [-0.05, 0) is 44.7 Å². The fourth-order valence-electron chi connectivity index (χ4n) is 6.34. The first-order valence-corrected chi connectivity index (χ1v) is 15.5. The van der Waals surface area contributed by atoms with Crippen LogP contribution in [0.25, 0.3) is 0 Å². The molecule has 2 saturated carbocycles. The van der Waals surface area contributed by atoms with Crippen LogP contribution in [0.3, 0.4) is 0 Å². The van der Waals surface area contributed by atoms with Crippen molar-refractivity contribution in [3.8, 4) is 0 Å². The molecule has 13 heteroatoms. The fraction of sp³-hybridized carbons (Fsp3) is 0.778. The zero-order valence-corrected chi connectivity index (χ0v) is 23.2. The van der Waals surface area contributed by atoms with E-state index in [1.165, 1.54) is 12.1 Å². The van der Waals surface area contributed by atoms with E-state index in [0.717, 1.165) is 56.9 Å². The van der Waals surface area contributed by atoms with Gasteiger partial charge in [-0.3, -0.25) is 4.18 Å². The van der Waals surface area contributed by atoms with E-state index < -0.39 is 70.9 Å². The van der Waals surface area contributed by atoms with Gasteiger partial charge < -0.3 is 43.7 Å². The van der Waals surface area contributed by atoms with Crippen molar-refractivity contribution >= 4 is 10.1 Å². The lowest BCUT2D eigenvalue weighted by molar-refractivity contribution is -0.232. The number of aryl methyl sites for hydroxylation is 1. The van der Waals surface area contributed by atoms with Gasteiger partial charge >= 0.3 is 0 Å². The molecule has 1 aromatic rings. The maximum atomic E-state index is 12.2. The molecule has 1 aromatic carbocycles. The van der Waals surface area contributed by atoms with Crippen molar-refractivity contribution in [3.63, 3.8) is 0 Å². The van der Waals surface area contributed by atoms with Gasteiger partial charge in [-0.2, -0.15) is 8.42 Å². The normalized spacial score (nSPS) is 39.0. The fourth-order valence-corrected chi connectivity index (χ4v) is 7.26. The summed E-state index contributed by atoms with van der Waals surface area (Å²) in [5.74, 6) is -1.16. The Balaban J connectivity index is 0.000000164. The van der Waals surface area contributed by atoms with E-state index in [1.807, 2.05) is 6.92 Å². The highest BCUT2D eigenvalue weighted by Crippen LogP contribution is 2.47. The summed E-state index contributed by atoms with van der Waals surface area (Å²) in [5.41, 5.74) is 0.955. The van der Waals surface area contributed by atoms with Crippen molar-refractivity contribution in [2.75, 3.05) is 13.2 Å². The number of fused-ring (bicyclic) bond motifs is 2. The van der Waals surface area contributed by atoms with Gasteiger partial charge in [0.05, 0.1) is 18.1 Å². The SMILES string of the molecule is Cc1ccc(S(=O)(=O)OC[C@@H]2O[C@H]3OC4(CCCC4)O[C@H]3[C@@H]2O)cc1.OC[C@@H]1O[C@H]2OC3(CCCC3)O[C@H]2[C@@H]1O. The average molecular weight is 587 g/mol. The second-order valence-corrected chi connectivity index (χ2v) is 13.1. The third-order valence-electron chi connectivity index (χ3n) is 8.56. The topological polar surface area (TPSA) is 159 Å². The molecule has 0 bridgehead atoms. The summed E-state index contributed by atoms with van der Waals surface area (Å²) < 4.78 is 63.8. The highest BCUT2D eigenvalue weighted by Gasteiger charge is 2.59. The molecule has 0 aromatic heterocycles. The van der Waals surface area contributed by atoms with Gasteiger partial charge in [0.25, 0.3) is 10.1 Å². The number of hydrogen-bond donors (Lipinski definition) is 3. The third kappa shape index (κ3) is 5.47. The van der Waals surface area contributed by atoms with Gasteiger partial charge in [-0.25, -0.2) is 0 Å². The molecule has 4 heterocycles. The Morgan fingerprint density at radius 3 is 1.75 bits per heavy atom. The Kier molecular flexibility index (Phi) is 8.02. The van der Waals surface area contributed by atoms with Crippen LogP contribution in [0.4, 0.5) is 0 Å². The largest absolute Gasteiger partial charge is 0.394 e. The zero-order valence-electron chi connectivity index (χ0n) is 22.4. The molecule has 6 fully saturated rings. The number of aliphatic hydroxyl groups is 3. The van der Waals surface area contributed by atoms with Crippen molar-refractivity contribution in [2.24, 2.45) is 0 Å². The van der Waals surface area contributed by atoms with E-state index in [9.17, 15) is 18.6 Å². The zero-order chi connectivity index (χ0) is 28.1. The molecule has 4 aliphatic heterocycles. The highest BCUT2D eigenvalue weighted by molar-refractivity contribution is 7.86. The van der Waals surface area contributed by atoms with E-state index in [-0.39, 0.29) is 18.1 Å². The number of aliphatic hydroxyl groups excluding tert-OH is 3. The maximum absolute atomic E-state index is 12.2. The standard InChI is InChI=1S/C17H22O7S.C10H16O5/c1-11-4-6-12(7-5-11)25(19,20)21-10-13-14(18)15-16(22-13)24-17(23-15)8-2-3-9-17;11-5-6-7(12)8-9(13-6)15-10(14-8)3-1-2-4-10/h4-7,13-16,18H,2-3,8-10H2,1H3;6-9,11-12H,1-5H2/t13-,14+,15-,16-;6-,7+,8-,9-/m00/s1. The van der Waals surface area contributed by atoms with Crippen molar-refractivity contribution < 1.29 is 56.3 Å². The van der Waals surface area contributed by atoms with Gasteiger partial charge in [0, 0.05) is 25.7 Å². The number of ether oxygens (including phenoxy) is 6. The van der Waals surface area contributed by atoms with Gasteiger partial charge in [0.1, 0.15) is 36.6 Å². The minimum atomic E-state index is -3.91. The number of benzene rings is 1. The first-order chi connectivity index (χ1) is 19.1. The van der Waals surface area contributed by atoms with Crippen molar-refractivity contribution in [1.29, 1.82) is 0 Å². The minimum Gasteiger partial charge on any atom is -0.394 e. The summed E-state index contributed by atoms with van der Waals surface area (Å²) in [6.07, 6.45) is 2.21. The molecular weight excluding hydrogens is 548 g/mol. The van der Waals surface area contributed by atoms with Crippen LogP contribution in [0.5, 0.6) is 0 Å². The lowest BCUT2D eigenvalue weighted by Crippen LogP contribution is -2.38. The van der Waals surface area contributed by atoms with Gasteiger partial charge in [0.15, 0.2) is 24.2 Å². The lowest BCUT2D eigenvalue weighted by Gasteiger charge is -2.25. The second-order valence-electron chi connectivity index (χ2n) is 11.4. The molecule has 2 spiro atoms. The predicted octanol–water partition coefficient (Wildman–Crippen LogP) is 1.22. The summed E-state index contributed by atoms with van der Waals surface area (Å²) in [5, 5.41) is 29.2. The molecule has 7 rings (SSSR count). The molecule has 6 aliphatic rings. The Morgan fingerprint density at radius 1 is 0.800 bits per heavy atom. The molecule has 3 N–H and O–H groups in total. The molecule has 0 unspecified atom stereocenters. The van der Waals surface area contributed by atoms with Crippen LogP contribution in [0.15, 0.2) is 29.2 Å². The maximum Gasteiger partial charge on any atom is 0.297 e. The molecule has 4 saturated heterocycles. The average Bonchev–Trinajstić information content (AvgIpc) is 3.78. The minimum absolute atomic E-state index is 0.0724. The third-order valence-corrected chi connectivity index (χ3v) is 9.86. The first kappa shape index (κ1) is 28.9. The van der Waals surface area contributed by atoms with E-state index >= 15 is 0 Å². The van der Waals surface area contributed by atoms with Gasteiger partial charge in [-0.1, -0.05) is 17.7 Å². The molecular formula is C27H38O12S.